The predicted octanol–water partition coefficient (Wildman–Crippen LogP) is 2.08. The number of pyridine rings is 1. The van der Waals surface area contributed by atoms with Gasteiger partial charge < -0.3 is 10.1 Å². The van der Waals surface area contributed by atoms with E-state index in [1.807, 2.05) is 26.0 Å². The average molecular weight is 220 g/mol. The molecule has 1 fully saturated rings. The second-order valence-electron chi connectivity index (χ2n) is 4.59. The van der Waals surface area contributed by atoms with Crippen molar-refractivity contribution in [3.63, 3.8) is 0 Å². The van der Waals surface area contributed by atoms with Crippen LogP contribution in [0, 0.1) is 19.8 Å². The summed E-state index contributed by atoms with van der Waals surface area (Å²) in [4.78, 5) is 4.34. The zero-order valence-electron chi connectivity index (χ0n) is 10.1. The molecule has 88 valence electrons. The summed E-state index contributed by atoms with van der Waals surface area (Å²) in [6.45, 7) is 7.10. The third-order valence-electron chi connectivity index (χ3n) is 3.00. The van der Waals surface area contributed by atoms with Crippen molar-refractivity contribution in [2.75, 3.05) is 19.7 Å². The number of nitrogens with one attached hydrogen (secondary N) is 1. The van der Waals surface area contributed by atoms with Crippen LogP contribution in [-0.2, 0) is 0 Å². The molecule has 0 atom stereocenters. The Morgan fingerprint density at radius 2 is 1.88 bits per heavy atom. The molecule has 1 aliphatic heterocycles. The van der Waals surface area contributed by atoms with Crippen molar-refractivity contribution < 1.29 is 4.74 Å². The zero-order chi connectivity index (χ0) is 11.4. The predicted molar refractivity (Wildman–Crippen MR) is 64.8 cm³/mol. The lowest BCUT2D eigenvalue weighted by Crippen LogP contribution is -2.30. The van der Waals surface area contributed by atoms with Gasteiger partial charge in [0.2, 0.25) is 0 Å². The maximum Gasteiger partial charge on any atom is 0.122 e. The van der Waals surface area contributed by atoms with Crippen LogP contribution >= 0.6 is 0 Å². The smallest absolute Gasteiger partial charge is 0.122 e. The monoisotopic (exact) mass is 220 g/mol. The standard InChI is InChI=1S/C13H20N2O/c1-10-7-13(8-11(2)15-10)16-9-12-3-5-14-6-4-12/h7-8,12,14H,3-6,9H2,1-2H3. The van der Waals surface area contributed by atoms with E-state index in [2.05, 4.69) is 10.3 Å². The molecule has 16 heavy (non-hydrogen) atoms. The number of ether oxygens (including phenoxy) is 1. The van der Waals surface area contributed by atoms with Crippen LogP contribution in [0.3, 0.4) is 0 Å². The van der Waals surface area contributed by atoms with Crippen LogP contribution in [0.25, 0.3) is 0 Å². The van der Waals surface area contributed by atoms with Crippen molar-refractivity contribution in [3.05, 3.63) is 23.5 Å². The first-order valence-corrected chi connectivity index (χ1v) is 6.03. The van der Waals surface area contributed by atoms with E-state index in [1.54, 1.807) is 0 Å². The zero-order valence-corrected chi connectivity index (χ0v) is 10.1. The van der Waals surface area contributed by atoms with Crippen LogP contribution in [0.1, 0.15) is 24.2 Å². The molecular formula is C13H20N2O. The van der Waals surface area contributed by atoms with Gasteiger partial charge in [-0.15, -0.1) is 0 Å². The fourth-order valence-electron chi connectivity index (χ4n) is 2.14. The second-order valence-corrected chi connectivity index (χ2v) is 4.59. The minimum atomic E-state index is 0.704. The van der Waals surface area contributed by atoms with Gasteiger partial charge in [-0.1, -0.05) is 0 Å². The van der Waals surface area contributed by atoms with Gasteiger partial charge in [-0.2, -0.15) is 0 Å². The molecule has 2 heterocycles. The summed E-state index contributed by atoms with van der Waals surface area (Å²) in [5.74, 6) is 1.67. The topological polar surface area (TPSA) is 34.1 Å². The van der Waals surface area contributed by atoms with Crippen molar-refractivity contribution in [3.8, 4) is 5.75 Å². The molecule has 1 N–H and O–H groups in total. The van der Waals surface area contributed by atoms with E-state index >= 15 is 0 Å². The number of aromatic nitrogens is 1. The van der Waals surface area contributed by atoms with Gasteiger partial charge in [-0.3, -0.25) is 4.98 Å². The van der Waals surface area contributed by atoms with Crippen molar-refractivity contribution in [2.45, 2.75) is 26.7 Å². The normalized spacial score (nSPS) is 17.4. The molecule has 1 aromatic heterocycles. The Labute approximate surface area is 97.2 Å². The van der Waals surface area contributed by atoms with Gasteiger partial charge in [0, 0.05) is 23.5 Å². The third kappa shape index (κ3) is 3.20. The average Bonchev–Trinajstić information content (AvgIpc) is 2.27. The van der Waals surface area contributed by atoms with Crippen molar-refractivity contribution in [1.29, 1.82) is 0 Å². The number of nitrogens with zero attached hydrogens (tertiary/aromatic N) is 1. The first-order chi connectivity index (χ1) is 7.74. The number of rotatable bonds is 3. The summed E-state index contributed by atoms with van der Waals surface area (Å²) in [5, 5.41) is 3.37. The lowest BCUT2D eigenvalue weighted by Gasteiger charge is -2.22. The van der Waals surface area contributed by atoms with Crippen LogP contribution in [0.5, 0.6) is 5.75 Å². The molecule has 1 aromatic rings. The van der Waals surface area contributed by atoms with E-state index in [4.69, 9.17) is 4.74 Å². The highest BCUT2D eigenvalue weighted by molar-refractivity contribution is 5.26. The number of aryl methyl sites for hydroxylation is 2. The fraction of sp³-hybridized carbons (Fsp3) is 0.615. The van der Waals surface area contributed by atoms with E-state index in [9.17, 15) is 0 Å². The molecule has 0 spiro atoms. The summed E-state index contributed by atoms with van der Waals surface area (Å²) >= 11 is 0. The van der Waals surface area contributed by atoms with Crippen molar-refractivity contribution in [2.24, 2.45) is 5.92 Å². The Bertz CT molecular complexity index is 326. The minimum Gasteiger partial charge on any atom is -0.493 e. The highest BCUT2D eigenvalue weighted by atomic mass is 16.5. The van der Waals surface area contributed by atoms with E-state index < -0.39 is 0 Å². The first-order valence-electron chi connectivity index (χ1n) is 6.03. The molecule has 1 aliphatic rings. The second kappa shape index (κ2) is 5.30. The number of hydrogen-bond acceptors (Lipinski definition) is 3. The Morgan fingerprint density at radius 1 is 1.25 bits per heavy atom. The largest absolute Gasteiger partial charge is 0.493 e. The summed E-state index contributed by atoms with van der Waals surface area (Å²) in [5.41, 5.74) is 2.06. The molecular weight excluding hydrogens is 200 g/mol. The Hall–Kier alpha value is -1.09. The molecule has 1 saturated heterocycles. The Kier molecular flexibility index (Phi) is 3.78. The molecule has 0 aliphatic carbocycles. The van der Waals surface area contributed by atoms with Gasteiger partial charge in [-0.05, 0) is 45.7 Å². The molecule has 2 rings (SSSR count). The van der Waals surface area contributed by atoms with Gasteiger partial charge in [0.1, 0.15) is 5.75 Å². The van der Waals surface area contributed by atoms with Crippen LogP contribution in [-0.4, -0.2) is 24.7 Å². The lowest BCUT2D eigenvalue weighted by atomic mass is 9.99. The maximum absolute atomic E-state index is 5.84. The summed E-state index contributed by atoms with van der Waals surface area (Å²) in [7, 11) is 0. The highest BCUT2D eigenvalue weighted by Gasteiger charge is 2.13. The summed E-state index contributed by atoms with van der Waals surface area (Å²) < 4.78 is 5.84. The van der Waals surface area contributed by atoms with E-state index in [-0.39, 0.29) is 0 Å². The Morgan fingerprint density at radius 3 is 2.50 bits per heavy atom. The van der Waals surface area contributed by atoms with Crippen molar-refractivity contribution in [1.82, 2.24) is 10.3 Å². The maximum atomic E-state index is 5.84. The highest BCUT2D eigenvalue weighted by Crippen LogP contribution is 2.17. The van der Waals surface area contributed by atoms with Gasteiger partial charge in [-0.25, -0.2) is 0 Å². The van der Waals surface area contributed by atoms with Crippen LogP contribution in [0.4, 0.5) is 0 Å². The lowest BCUT2D eigenvalue weighted by molar-refractivity contribution is 0.215. The van der Waals surface area contributed by atoms with Gasteiger partial charge >= 0.3 is 0 Å². The van der Waals surface area contributed by atoms with Gasteiger partial charge in [0.25, 0.3) is 0 Å². The van der Waals surface area contributed by atoms with Crippen LogP contribution in [0.15, 0.2) is 12.1 Å². The molecule has 0 unspecified atom stereocenters. The summed E-state index contributed by atoms with van der Waals surface area (Å²) in [6.07, 6.45) is 2.45. The summed E-state index contributed by atoms with van der Waals surface area (Å²) in [6, 6.07) is 4.02. The molecule has 0 bridgehead atoms. The molecule has 0 saturated carbocycles. The van der Waals surface area contributed by atoms with E-state index in [0.29, 0.717) is 5.92 Å². The van der Waals surface area contributed by atoms with Crippen LogP contribution in [0.2, 0.25) is 0 Å². The van der Waals surface area contributed by atoms with Crippen molar-refractivity contribution >= 4 is 0 Å². The fourth-order valence-corrected chi connectivity index (χ4v) is 2.14. The molecule has 0 radical (unpaired) electrons. The minimum absolute atomic E-state index is 0.704. The van der Waals surface area contributed by atoms with Crippen LogP contribution < -0.4 is 10.1 Å². The first kappa shape index (κ1) is 11.4. The molecule has 3 nitrogen and oxygen atoms in total. The van der Waals surface area contributed by atoms with Gasteiger partial charge in [0.05, 0.1) is 6.61 Å². The number of hydrogen-bond donors (Lipinski definition) is 1. The number of piperidine rings is 1. The van der Waals surface area contributed by atoms with E-state index in [0.717, 1.165) is 36.8 Å². The van der Waals surface area contributed by atoms with E-state index in [1.165, 1.54) is 12.8 Å². The quantitative estimate of drug-likeness (QED) is 0.847. The Balaban J connectivity index is 1.88. The molecule has 3 heteroatoms. The van der Waals surface area contributed by atoms with Gasteiger partial charge in [0.15, 0.2) is 0 Å². The SMILES string of the molecule is Cc1cc(OCC2CCNCC2)cc(C)n1. The molecule has 0 amide bonds. The molecule has 0 aromatic carbocycles. The third-order valence-corrected chi connectivity index (χ3v) is 3.00.